The van der Waals surface area contributed by atoms with Crippen molar-refractivity contribution in [2.75, 3.05) is 7.11 Å². The van der Waals surface area contributed by atoms with Gasteiger partial charge in [-0.15, -0.1) is 0 Å². The van der Waals surface area contributed by atoms with Crippen molar-refractivity contribution in [2.24, 2.45) is 0 Å². The first-order chi connectivity index (χ1) is 6.81. The van der Waals surface area contributed by atoms with Crippen molar-refractivity contribution in [3.63, 3.8) is 0 Å². The van der Waals surface area contributed by atoms with Crippen LogP contribution in [0.5, 0.6) is 5.75 Å². The van der Waals surface area contributed by atoms with Crippen LogP contribution in [-0.4, -0.2) is 12.3 Å². The monoisotopic (exact) mass is 189 g/mol. The largest absolute Gasteiger partial charge is 0.496 e. The van der Waals surface area contributed by atoms with Gasteiger partial charge in [0.1, 0.15) is 17.7 Å². The highest BCUT2D eigenvalue weighted by Crippen LogP contribution is 2.25. The summed E-state index contributed by atoms with van der Waals surface area (Å²) < 4.78 is 10.0. The van der Waals surface area contributed by atoms with Gasteiger partial charge in [-0.25, -0.2) is 0 Å². The summed E-state index contributed by atoms with van der Waals surface area (Å²) in [7, 11) is 1.66. The lowest BCUT2D eigenvalue weighted by Gasteiger charge is -2.05. The van der Waals surface area contributed by atoms with Crippen molar-refractivity contribution in [3.05, 3.63) is 36.1 Å². The zero-order chi connectivity index (χ0) is 9.97. The maximum atomic E-state index is 5.23. The van der Waals surface area contributed by atoms with Crippen molar-refractivity contribution < 1.29 is 9.26 Å². The molecule has 3 heteroatoms. The molecule has 0 fully saturated rings. The number of aromatic nitrogens is 1. The number of nitrogens with zero attached hydrogens (tertiary/aromatic N) is 1. The number of benzene rings is 1. The maximum Gasteiger partial charge on any atom is 0.124 e. The average Bonchev–Trinajstić information content (AvgIpc) is 2.71. The van der Waals surface area contributed by atoms with Crippen LogP contribution in [-0.2, 0) is 0 Å². The zero-order valence-corrected chi connectivity index (χ0v) is 8.15. The fourth-order valence-corrected chi connectivity index (χ4v) is 1.34. The predicted molar refractivity (Wildman–Crippen MR) is 53.2 cm³/mol. The Labute approximate surface area is 82.3 Å². The number of aryl methyl sites for hydroxylation is 1. The molecule has 0 amide bonds. The third-order valence-electron chi connectivity index (χ3n) is 2.14. The summed E-state index contributed by atoms with van der Waals surface area (Å²) in [6.07, 6.45) is 1.56. The Kier molecular flexibility index (Phi) is 2.23. The standard InChI is InChI=1S/C11H11NO2/c1-8-3-4-9(7-11(8)13-2)10-5-6-14-12-10/h3-7H,1-2H3. The maximum absolute atomic E-state index is 5.23. The van der Waals surface area contributed by atoms with Crippen LogP contribution in [0.3, 0.4) is 0 Å². The molecule has 0 aliphatic carbocycles. The number of methoxy groups -OCH3 is 1. The third-order valence-corrected chi connectivity index (χ3v) is 2.14. The molecule has 3 nitrogen and oxygen atoms in total. The number of ether oxygens (including phenoxy) is 1. The van der Waals surface area contributed by atoms with Crippen LogP contribution in [0.25, 0.3) is 11.3 Å². The third kappa shape index (κ3) is 1.48. The highest BCUT2D eigenvalue weighted by atomic mass is 16.5. The van der Waals surface area contributed by atoms with Crippen LogP contribution >= 0.6 is 0 Å². The Balaban J connectivity index is 2.46. The smallest absolute Gasteiger partial charge is 0.124 e. The highest BCUT2D eigenvalue weighted by Gasteiger charge is 2.04. The molecule has 2 rings (SSSR count). The van der Waals surface area contributed by atoms with E-state index in [9.17, 15) is 0 Å². The van der Waals surface area contributed by atoms with E-state index in [2.05, 4.69) is 5.16 Å². The fourth-order valence-electron chi connectivity index (χ4n) is 1.34. The lowest BCUT2D eigenvalue weighted by Crippen LogP contribution is -1.87. The summed E-state index contributed by atoms with van der Waals surface area (Å²) in [5, 5.41) is 3.86. The van der Waals surface area contributed by atoms with Gasteiger partial charge in [-0.1, -0.05) is 17.3 Å². The molecule has 0 spiro atoms. The quantitative estimate of drug-likeness (QED) is 0.728. The molecule has 1 aromatic carbocycles. The van der Waals surface area contributed by atoms with Gasteiger partial charge in [0.25, 0.3) is 0 Å². The SMILES string of the molecule is COc1cc(-c2ccon2)ccc1C. The van der Waals surface area contributed by atoms with Gasteiger partial charge in [0, 0.05) is 11.6 Å². The summed E-state index contributed by atoms with van der Waals surface area (Å²) in [5.74, 6) is 0.866. The summed E-state index contributed by atoms with van der Waals surface area (Å²) in [6, 6.07) is 7.77. The minimum atomic E-state index is 0.823. The summed E-state index contributed by atoms with van der Waals surface area (Å²) in [5.41, 5.74) is 2.93. The fraction of sp³-hybridized carbons (Fsp3) is 0.182. The van der Waals surface area contributed by atoms with Crippen molar-refractivity contribution in [1.29, 1.82) is 0 Å². The van der Waals surface area contributed by atoms with Crippen LogP contribution in [0.2, 0.25) is 0 Å². The lowest BCUT2D eigenvalue weighted by atomic mass is 10.1. The Morgan fingerprint density at radius 3 is 2.79 bits per heavy atom. The molecule has 0 atom stereocenters. The molecule has 1 aromatic heterocycles. The van der Waals surface area contributed by atoms with Crippen LogP contribution in [0, 0.1) is 6.92 Å². The van der Waals surface area contributed by atoms with Crippen molar-refractivity contribution in [2.45, 2.75) is 6.92 Å². The van der Waals surface area contributed by atoms with Crippen LogP contribution in [0.15, 0.2) is 35.1 Å². The zero-order valence-electron chi connectivity index (χ0n) is 8.15. The summed E-state index contributed by atoms with van der Waals surface area (Å²) in [6.45, 7) is 2.01. The van der Waals surface area contributed by atoms with E-state index >= 15 is 0 Å². The van der Waals surface area contributed by atoms with E-state index in [-0.39, 0.29) is 0 Å². The van der Waals surface area contributed by atoms with Crippen molar-refractivity contribution in [1.82, 2.24) is 5.16 Å². The molecule has 0 N–H and O–H groups in total. The first kappa shape index (κ1) is 8.81. The molecule has 0 aliphatic heterocycles. The molecule has 2 aromatic rings. The molecule has 1 heterocycles. The van der Waals surface area contributed by atoms with Gasteiger partial charge in [0.2, 0.25) is 0 Å². The second-order valence-corrected chi connectivity index (χ2v) is 3.07. The van der Waals surface area contributed by atoms with E-state index in [1.165, 1.54) is 0 Å². The lowest BCUT2D eigenvalue weighted by molar-refractivity contribution is 0.411. The van der Waals surface area contributed by atoms with Gasteiger partial charge in [-0.05, 0) is 18.6 Å². The average molecular weight is 189 g/mol. The minimum absolute atomic E-state index is 0.823. The number of rotatable bonds is 2. The molecule has 0 bridgehead atoms. The molecule has 0 radical (unpaired) electrons. The van der Waals surface area contributed by atoms with Crippen LogP contribution in [0.4, 0.5) is 0 Å². The van der Waals surface area contributed by atoms with E-state index in [4.69, 9.17) is 9.26 Å². The van der Waals surface area contributed by atoms with E-state index in [0.29, 0.717) is 0 Å². The predicted octanol–water partition coefficient (Wildman–Crippen LogP) is 2.66. The Hall–Kier alpha value is -1.77. The second kappa shape index (κ2) is 3.54. The first-order valence-electron chi connectivity index (χ1n) is 4.36. The number of hydrogen-bond donors (Lipinski definition) is 0. The van der Waals surface area contributed by atoms with Gasteiger partial charge >= 0.3 is 0 Å². The Bertz CT molecular complexity index is 421. The van der Waals surface area contributed by atoms with E-state index < -0.39 is 0 Å². The van der Waals surface area contributed by atoms with E-state index in [1.54, 1.807) is 13.4 Å². The summed E-state index contributed by atoms with van der Waals surface area (Å²) in [4.78, 5) is 0. The van der Waals surface area contributed by atoms with Crippen molar-refractivity contribution in [3.8, 4) is 17.0 Å². The van der Waals surface area contributed by atoms with Gasteiger partial charge < -0.3 is 9.26 Å². The first-order valence-corrected chi connectivity index (χ1v) is 4.36. The molecule has 72 valence electrons. The molecule has 0 saturated heterocycles. The van der Waals surface area contributed by atoms with E-state index in [1.807, 2.05) is 31.2 Å². The normalized spacial score (nSPS) is 10.1. The van der Waals surface area contributed by atoms with Gasteiger partial charge in [0.05, 0.1) is 7.11 Å². The van der Waals surface area contributed by atoms with Gasteiger partial charge in [-0.3, -0.25) is 0 Å². The minimum Gasteiger partial charge on any atom is -0.496 e. The second-order valence-electron chi connectivity index (χ2n) is 3.07. The highest BCUT2D eigenvalue weighted by molar-refractivity contribution is 5.61. The Morgan fingerprint density at radius 2 is 2.14 bits per heavy atom. The van der Waals surface area contributed by atoms with Crippen molar-refractivity contribution >= 4 is 0 Å². The molecular weight excluding hydrogens is 178 g/mol. The van der Waals surface area contributed by atoms with Gasteiger partial charge in [0.15, 0.2) is 0 Å². The van der Waals surface area contributed by atoms with Gasteiger partial charge in [-0.2, -0.15) is 0 Å². The molecule has 14 heavy (non-hydrogen) atoms. The molecule has 0 aliphatic rings. The van der Waals surface area contributed by atoms with E-state index in [0.717, 1.165) is 22.6 Å². The Morgan fingerprint density at radius 1 is 1.29 bits per heavy atom. The summed E-state index contributed by atoms with van der Waals surface area (Å²) >= 11 is 0. The molecular formula is C11H11NO2. The molecule has 0 saturated carbocycles. The van der Waals surface area contributed by atoms with Crippen LogP contribution in [0.1, 0.15) is 5.56 Å². The molecule has 0 unspecified atom stereocenters. The topological polar surface area (TPSA) is 35.3 Å². The van der Waals surface area contributed by atoms with Crippen LogP contribution < -0.4 is 4.74 Å². The number of hydrogen-bond acceptors (Lipinski definition) is 3.